The van der Waals surface area contributed by atoms with Gasteiger partial charge in [-0.15, -0.1) is 0 Å². The van der Waals surface area contributed by atoms with Crippen molar-refractivity contribution in [2.24, 2.45) is 0 Å². The predicted octanol–water partition coefficient (Wildman–Crippen LogP) is 4.00. The molecule has 0 spiro atoms. The first-order valence-corrected chi connectivity index (χ1v) is 9.64. The highest BCUT2D eigenvalue weighted by molar-refractivity contribution is 9.10. The number of carbonyl (C=O) groups is 1. The highest BCUT2D eigenvalue weighted by Crippen LogP contribution is 2.25. The van der Waals surface area contributed by atoms with Crippen molar-refractivity contribution in [3.63, 3.8) is 0 Å². The standard InChI is InChI=1S/C20H14BrF3N4O3/c21-13-1-3-16-15(8-13)19(30)28(11-26-16)6-5-18(29)27-14-2-4-17(12(7-14)9-25)31-10-20(22,23)24/h1-4,7-8,11H,5-6,10H2,(H,27,29). The van der Waals surface area contributed by atoms with Crippen LogP contribution in [0.5, 0.6) is 5.75 Å². The van der Waals surface area contributed by atoms with Crippen LogP contribution in [0.2, 0.25) is 0 Å². The normalized spacial score (nSPS) is 11.2. The molecule has 31 heavy (non-hydrogen) atoms. The number of carbonyl (C=O) groups excluding carboxylic acids is 1. The van der Waals surface area contributed by atoms with Crippen LogP contribution < -0.4 is 15.6 Å². The number of hydrogen-bond donors (Lipinski definition) is 1. The Morgan fingerprint density at radius 1 is 1.26 bits per heavy atom. The number of nitrogens with zero attached hydrogens (tertiary/aromatic N) is 3. The summed E-state index contributed by atoms with van der Waals surface area (Å²) >= 11 is 3.30. The maximum absolute atomic E-state index is 12.5. The molecule has 1 amide bonds. The zero-order chi connectivity index (χ0) is 22.6. The van der Waals surface area contributed by atoms with Crippen molar-refractivity contribution in [3.05, 3.63) is 63.1 Å². The van der Waals surface area contributed by atoms with Gasteiger partial charge in [0.1, 0.15) is 11.8 Å². The molecule has 0 aliphatic rings. The molecule has 2 aromatic carbocycles. The number of nitrogens with one attached hydrogen (secondary N) is 1. The molecule has 0 aliphatic heterocycles. The fourth-order valence-electron chi connectivity index (χ4n) is 2.72. The van der Waals surface area contributed by atoms with E-state index in [1.165, 1.54) is 29.1 Å². The van der Waals surface area contributed by atoms with E-state index in [9.17, 15) is 22.8 Å². The molecule has 1 heterocycles. The first kappa shape index (κ1) is 22.3. The molecule has 1 aromatic heterocycles. The van der Waals surface area contributed by atoms with E-state index in [2.05, 4.69) is 31.0 Å². The number of anilines is 1. The van der Waals surface area contributed by atoms with Crippen LogP contribution in [-0.2, 0) is 11.3 Å². The van der Waals surface area contributed by atoms with Gasteiger partial charge in [0.15, 0.2) is 6.61 Å². The summed E-state index contributed by atoms with van der Waals surface area (Å²) in [6.45, 7) is -1.46. The molecule has 160 valence electrons. The number of nitriles is 1. The minimum absolute atomic E-state index is 0.0602. The molecule has 0 atom stereocenters. The molecule has 0 saturated heterocycles. The van der Waals surface area contributed by atoms with Gasteiger partial charge in [-0.1, -0.05) is 15.9 Å². The van der Waals surface area contributed by atoms with Gasteiger partial charge < -0.3 is 10.1 Å². The smallest absolute Gasteiger partial charge is 0.422 e. The number of aryl methyl sites for hydroxylation is 1. The predicted molar refractivity (Wildman–Crippen MR) is 110 cm³/mol. The number of fused-ring (bicyclic) bond motifs is 1. The third-order valence-corrected chi connectivity index (χ3v) is 4.63. The Balaban J connectivity index is 1.66. The zero-order valence-electron chi connectivity index (χ0n) is 15.7. The van der Waals surface area contributed by atoms with Gasteiger partial charge in [0, 0.05) is 23.1 Å². The van der Waals surface area contributed by atoms with Crippen LogP contribution in [0.1, 0.15) is 12.0 Å². The van der Waals surface area contributed by atoms with Crippen LogP contribution in [0, 0.1) is 11.3 Å². The summed E-state index contributed by atoms with van der Waals surface area (Å²) in [6, 6.07) is 10.6. The van der Waals surface area contributed by atoms with E-state index in [0.29, 0.717) is 10.9 Å². The van der Waals surface area contributed by atoms with Crippen LogP contribution in [0.4, 0.5) is 18.9 Å². The third-order valence-electron chi connectivity index (χ3n) is 4.14. The Kier molecular flexibility index (Phi) is 6.60. The fourth-order valence-corrected chi connectivity index (χ4v) is 3.08. The van der Waals surface area contributed by atoms with Gasteiger partial charge in [0.2, 0.25) is 5.91 Å². The average molecular weight is 495 g/mol. The molecule has 3 aromatic rings. The molecule has 1 N–H and O–H groups in total. The lowest BCUT2D eigenvalue weighted by Crippen LogP contribution is -2.23. The van der Waals surface area contributed by atoms with Crippen molar-refractivity contribution in [2.75, 3.05) is 11.9 Å². The molecule has 7 nitrogen and oxygen atoms in total. The molecule has 0 fully saturated rings. The molecular formula is C20H14BrF3N4O3. The molecular weight excluding hydrogens is 481 g/mol. The molecule has 0 unspecified atom stereocenters. The van der Waals surface area contributed by atoms with Crippen molar-refractivity contribution in [1.82, 2.24) is 9.55 Å². The molecule has 0 saturated carbocycles. The second kappa shape index (κ2) is 9.18. The van der Waals surface area contributed by atoms with Gasteiger partial charge in [-0.3, -0.25) is 14.2 Å². The number of amides is 1. The van der Waals surface area contributed by atoms with Crippen LogP contribution in [0.3, 0.4) is 0 Å². The Hall–Kier alpha value is -3.39. The number of ether oxygens (including phenoxy) is 1. The number of halogens is 4. The second-order valence-corrected chi connectivity index (χ2v) is 7.35. The first-order valence-electron chi connectivity index (χ1n) is 8.84. The van der Waals surface area contributed by atoms with Crippen LogP contribution >= 0.6 is 15.9 Å². The van der Waals surface area contributed by atoms with E-state index in [0.717, 1.165) is 4.47 Å². The molecule has 0 aliphatic carbocycles. The topological polar surface area (TPSA) is 97.0 Å². The summed E-state index contributed by atoms with van der Waals surface area (Å²) in [5.74, 6) is -0.688. The van der Waals surface area contributed by atoms with Crippen LogP contribution in [0.25, 0.3) is 10.9 Å². The Labute approximate surface area is 182 Å². The summed E-state index contributed by atoms with van der Waals surface area (Å²) in [7, 11) is 0. The minimum atomic E-state index is -4.54. The van der Waals surface area contributed by atoms with Gasteiger partial charge in [-0.2, -0.15) is 18.4 Å². The Morgan fingerprint density at radius 3 is 2.74 bits per heavy atom. The van der Waals surface area contributed by atoms with Crippen molar-refractivity contribution in [2.45, 2.75) is 19.1 Å². The lowest BCUT2D eigenvalue weighted by Gasteiger charge is -2.12. The number of alkyl halides is 3. The molecule has 0 radical (unpaired) electrons. The quantitative estimate of drug-likeness (QED) is 0.558. The van der Waals surface area contributed by atoms with E-state index in [1.54, 1.807) is 24.3 Å². The lowest BCUT2D eigenvalue weighted by molar-refractivity contribution is -0.153. The number of rotatable bonds is 6. The lowest BCUT2D eigenvalue weighted by atomic mass is 10.2. The van der Waals surface area contributed by atoms with E-state index >= 15 is 0 Å². The minimum Gasteiger partial charge on any atom is -0.483 e. The van der Waals surface area contributed by atoms with E-state index in [-0.39, 0.29) is 35.5 Å². The van der Waals surface area contributed by atoms with Crippen molar-refractivity contribution < 1.29 is 22.7 Å². The Morgan fingerprint density at radius 2 is 2.03 bits per heavy atom. The number of hydrogen-bond acceptors (Lipinski definition) is 5. The van der Waals surface area contributed by atoms with Crippen molar-refractivity contribution >= 4 is 38.4 Å². The summed E-state index contributed by atoms with van der Waals surface area (Å²) in [4.78, 5) is 29.0. The van der Waals surface area contributed by atoms with Gasteiger partial charge in [-0.05, 0) is 36.4 Å². The second-order valence-electron chi connectivity index (χ2n) is 6.43. The van der Waals surface area contributed by atoms with E-state index < -0.39 is 18.7 Å². The molecule has 11 heteroatoms. The largest absolute Gasteiger partial charge is 0.483 e. The summed E-state index contributed by atoms with van der Waals surface area (Å²) in [5, 5.41) is 12.1. The number of aromatic nitrogens is 2. The zero-order valence-corrected chi connectivity index (χ0v) is 17.3. The van der Waals surface area contributed by atoms with Gasteiger partial charge in [0.05, 0.1) is 22.8 Å². The summed E-state index contributed by atoms with van der Waals surface area (Å²) in [5.41, 5.74) is 0.305. The maximum atomic E-state index is 12.5. The van der Waals surface area contributed by atoms with Gasteiger partial charge >= 0.3 is 6.18 Å². The molecule has 0 bridgehead atoms. The first-order chi connectivity index (χ1) is 14.7. The van der Waals surface area contributed by atoms with Crippen molar-refractivity contribution in [3.8, 4) is 11.8 Å². The van der Waals surface area contributed by atoms with Crippen LogP contribution in [0.15, 0.2) is 52.0 Å². The third kappa shape index (κ3) is 5.82. The average Bonchev–Trinajstić information content (AvgIpc) is 2.72. The maximum Gasteiger partial charge on any atom is 0.422 e. The SMILES string of the molecule is N#Cc1cc(NC(=O)CCn2cnc3ccc(Br)cc3c2=O)ccc1OCC(F)(F)F. The van der Waals surface area contributed by atoms with Crippen molar-refractivity contribution in [1.29, 1.82) is 5.26 Å². The summed E-state index contributed by atoms with van der Waals surface area (Å²) in [6.07, 6.45) is -3.24. The van der Waals surface area contributed by atoms with E-state index in [1.807, 2.05) is 0 Å². The van der Waals surface area contributed by atoms with Gasteiger partial charge in [0.25, 0.3) is 5.56 Å². The Bertz CT molecular complexity index is 1240. The van der Waals surface area contributed by atoms with E-state index in [4.69, 9.17) is 5.26 Å². The monoisotopic (exact) mass is 494 g/mol. The fraction of sp³-hybridized carbons (Fsp3) is 0.200. The number of benzene rings is 2. The van der Waals surface area contributed by atoms with Crippen LogP contribution in [-0.4, -0.2) is 28.2 Å². The summed E-state index contributed by atoms with van der Waals surface area (Å²) < 4.78 is 43.5. The molecule has 3 rings (SSSR count). The highest BCUT2D eigenvalue weighted by atomic mass is 79.9. The van der Waals surface area contributed by atoms with Gasteiger partial charge in [-0.25, -0.2) is 4.98 Å². The highest BCUT2D eigenvalue weighted by Gasteiger charge is 2.28.